The van der Waals surface area contributed by atoms with Crippen LogP contribution in [-0.2, 0) is 16.0 Å². The molecule has 11 heteroatoms. The largest absolute Gasteiger partial charge is 0.493 e. The molecule has 0 fully saturated rings. The van der Waals surface area contributed by atoms with Crippen LogP contribution < -0.4 is 42.6 Å². The smallest absolute Gasteiger partial charge is 0.303 e. The highest BCUT2D eigenvalue weighted by Gasteiger charge is 2.30. The summed E-state index contributed by atoms with van der Waals surface area (Å²) in [5, 5.41) is 0. The molecule has 3 atom stereocenters. The van der Waals surface area contributed by atoms with Crippen molar-refractivity contribution in [2.24, 2.45) is 0 Å². The highest BCUT2D eigenvalue weighted by Crippen LogP contribution is 2.45. The average molecular weight is 655 g/mol. The summed E-state index contributed by atoms with van der Waals surface area (Å²) >= 11 is 0. The fraction of sp³-hybridized carbons (Fsp3) is 0.417. The second-order valence-electron chi connectivity index (χ2n) is 10.5. The van der Waals surface area contributed by atoms with Crippen LogP contribution >= 0.6 is 0 Å². The molecule has 0 aliphatic carbocycles. The van der Waals surface area contributed by atoms with E-state index in [2.05, 4.69) is 0 Å². The molecule has 256 valence electrons. The van der Waals surface area contributed by atoms with Gasteiger partial charge >= 0.3 is 5.97 Å². The van der Waals surface area contributed by atoms with E-state index in [9.17, 15) is 4.79 Å². The molecule has 1 unspecified atom stereocenters. The first-order chi connectivity index (χ1) is 22.6. The molecular weight excluding hydrogens is 608 g/mol. The zero-order valence-electron chi connectivity index (χ0n) is 29.0. The van der Waals surface area contributed by atoms with Crippen molar-refractivity contribution >= 4 is 12.0 Å². The lowest BCUT2D eigenvalue weighted by Crippen LogP contribution is -2.26. The SMILES string of the molecule is C/C=C/c1cc(OC)c(OC(C)Cc2cc(OC)c(O[C@H](C)[C@@H](OC(C)=O)c3cc(OC)c(OC)c(OC)c3)c(OC)c2)c(OC)c1. The van der Waals surface area contributed by atoms with Gasteiger partial charge in [0.1, 0.15) is 12.2 Å². The maximum Gasteiger partial charge on any atom is 0.303 e. The molecule has 0 amide bonds. The number of carbonyl (C=O) groups is 1. The molecule has 0 aliphatic heterocycles. The summed E-state index contributed by atoms with van der Waals surface area (Å²) < 4.78 is 57.7. The number of benzene rings is 3. The number of hydrogen-bond acceptors (Lipinski definition) is 11. The summed E-state index contributed by atoms with van der Waals surface area (Å²) in [7, 11) is 10.8. The van der Waals surface area contributed by atoms with Crippen LogP contribution in [0.4, 0.5) is 0 Å². The molecule has 3 rings (SSSR count). The van der Waals surface area contributed by atoms with Gasteiger partial charge in [-0.05, 0) is 68.3 Å². The van der Waals surface area contributed by atoms with Gasteiger partial charge in [-0.2, -0.15) is 0 Å². The molecule has 0 bridgehead atoms. The molecule has 0 saturated heterocycles. The number of esters is 1. The lowest BCUT2D eigenvalue weighted by molar-refractivity contribution is -0.151. The van der Waals surface area contributed by atoms with E-state index in [1.54, 1.807) is 47.5 Å². The van der Waals surface area contributed by atoms with Crippen LogP contribution in [0.2, 0.25) is 0 Å². The van der Waals surface area contributed by atoms with Crippen LogP contribution in [-0.4, -0.2) is 67.9 Å². The third-order valence-corrected chi connectivity index (χ3v) is 7.24. The van der Waals surface area contributed by atoms with Gasteiger partial charge in [0.2, 0.25) is 17.2 Å². The Balaban J connectivity index is 1.94. The van der Waals surface area contributed by atoms with E-state index in [1.807, 2.05) is 50.3 Å². The summed E-state index contributed by atoms with van der Waals surface area (Å²) in [5.41, 5.74) is 2.38. The fourth-order valence-electron chi connectivity index (χ4n) is 5.18. The van der Waals surface area contributed by atoms with Crippen LogP contribution in [0.5, 0.6) is 51.7 Å². The highest BCUT2D eigenvalue weighted by molar-refractivity contribution is 5.67. The highest BCUT2D eigenvalue weighted by atomic mass is 16.6. The Hall–Kier alpha value is -4.93. The monoisotopic (exact) mass is 654 g/mol. The van der Waals surface area contributed by atoms with Crippen molar-refractivity contribution < 1.29 is 52.2 Å². The summed E-state index contributed by atoms with van der Waals surface area (Å²) in [4.78, 5) is 12.2. The Kier molecular flexibility index (Phi) is 13.3. The Morgan fingerprint density at radius 3 is 1.51 bits per heavy atom. The number of ether oxygens (including phenoxy) is 10. The van der Waals surface area contributed by atoms with Crippen molar-refractivity contribution in [1.82, 2.24) is 0 Å². The van der Waals surface area contributed by atoms with Crippen molar-refractivity contribution in [2.75, 3.05) is 49.8 Å². The number of carbonyl (C=O) groups excluding carboxylic acids is 1. The molecule has 0 saturated carbocycles. The van der Waals surface area contributed by atoms with Crippen LogP contribution in [0.1, 0.15) is 50.5 Å². The van der Waals surface area contributed by atoms with Crippen LogP contribution in [0, 0.1) is 0 Å². The predicted octanol–water partition coefficient (Wildman–Crippen LogP) is 6.86. The molecule has 3 aromatic carbocycles. The predicted molar refractivity (Wildman–Crippen MR) is 178 cm³/mol. The van der Waals surface area contributed by atoms with Gasteiger partial charge in [-0.1, -0.05) is 12.2 Å². The van der Waals surface area contributed by atoms with Crippen LogP contribution in [0.3, 0.4) is 0 Å². The standard InChI is InChI=1S/C36H46O11/c1-12-13-24-15-27(38-5)35(28(16-24)39-6)45-21(2)14-25-17-29(40-7)36(30(18-25)41-8)46-22(3)33(47-23(4)37)26-19-31(42-9)34(44-11)32(20-26)43-10/h12-13,15-22,33H,14H2,1-11H3/b13-12+/t21?,22-,33-/m1/s1. The summed E-state index contributed by atoms with van der Waals surface area (Å²) in [6.45, 7) is 7.00. The van der Waals surface area contributed by atoms with Gasteiger partial charge in [-0.25, -0.2) is 0 Å². The molecule has 3 aromatic rings. The van der Waals surface area contributed by atoms with Gasteiger partial charge in [-0.3, -0.25) is 4.79 Å². The van der Waals surface area contributed by atoms with E-state index >= 15 is 0 Å². The molecular formula is C36H46O11. The maximum atomic E-state index is 12.2. The molecule has 0 spiro atoms. The summed E-state index contributed by atoms with van der Waals surface area (Å²) in [6.07, 6.45) is 2.54. The van der Waals surface area contributed by atoms with Crippen LogP contribution in [0.15, 0.2) is 42.5 Å². The third kappa shape index (κ3) is 8.87. The van der Waals surface area contributed by atoms with Crippen molar-refractivity contribution in [2.45, 2.75) is 52.4 Å². The topological polar surface area (TPSA) is 109 Å². The van der Waals surface area contributed by atoms with Crippen molar-refractivity contribution in [3.8, 4) is 51.7 Å². The first-order valence-corrected chi connectivity index (χ1v) is 15.0. The molecule has 0 N–H and O–H groups in total. The van der Waals surface area contributed by atoms with E-state index in [0.717, 1.165) is 11.1 Å². The Morgan fingerprint density at radius 1 is 0.638 bits per heavy atom. The Bertz CT molecular complexity index is 1460. The van der Waals surface area contributed by atoms with E-state index in [-0.39, 0.29) is 6.10 Å². The van der Waals surface area contributed by atoms with E-state index < -0.39 is 18.2 Å². The fourth-order valence-corrected chi connectivity index (χ4v) is 5.18. The number of allylic oxidation sites excluding steroid dienone is 1. The summed E-state index contributed by atoms with van der Waals surface area (Å²) in [6, 6.07) is 10.9. The molecule has 0 aromatic heterocycles. The van der Waals surface area contributed by atoms with Gasteiger partial charge in [-0.15, -0.1) is 0 Å². The number of methoxy groups -OCH3 is 7. The quantitative estimate of drug-likeness (QED) is 0.142. The molecule has 0 heterocycles. The van der Waals surface area contributed by atoms with Crippen molar-refractivity contribution in [3.05, 3.63) is 59.2 Å². The Morgan fingerprint density at radius 2 is 1.09 bits per heavy atom. The first kappa shape index (κ1) is 36.5. The van der Waals surface area contributed by atoms with E-state index in [0.29, 0.717) is 63.7 Å². The first-order valence-electron chi connectivity index (χ1n) is 15.0. The van der Waals surface area contributed by atoms with E-state index in [4.69, 9.17) is 47.4 Å². The number of hydrogen-bond donors (Lipinski definition) is 0. The van der Waals surface area contributed by atoms with Crippen molar-refractivity contribution in [3.63, 3.8) is 0 Å². The third-order valence-electron chi connectivity index (χ3n) is 7.24. The second-order valence-corrected chi connectivity index (χ2v) is 10.5. The lowest BCUT2D eigenvalue weighted by atomic mass is 10.0. The normalized spacial score (nSPS) is 12.8. The second kappa shape index (κ2) is 17.1. The molecule has 0 aliphatic rings. The molecule has 11 nitrogen and oxygen atoms in total. The van der Waals surface area contributed by atoms with Gasteiger partial charge in [0, 0.05) is 18.9 Å². The summed E-state index contributed by atoms with van der Waals surface area (Å²) in [5.74, 6) is 3.56. The number of rotatable bonds is 17. The molecule has 47 heavy (non-hydrogen) atoms. The average Bonchev–Trinajstić information content (AvgIpc) is 3.06. The van der Waals surface area contributed by atoms with E-state index in [1.165, 1.54) is 28.3 Å². The minimum atomic E-state index is -0.854. The maximum absolute atomic E-state index is 12.2. The van der Waals surface area contributed by atoms with Gasteiger partial charge in [0.05, 0.1) is 49.8 Å². The van der Waals surface area contributed by atoms with Crippen LogP contribution in [0.25, 0.3) is 6.08 Å². The Labute approximate surface area is 277 Å². The van der Waals surface area contributed by atoms with Gasteiger partial charge < -0.3 is 47.4 Å². The van der Waals surface area contributed by atoms with Gasteiger partial charge in [0.15, 0.2) is 40.6 Å². The minimum Gasteiger partial charge on any atom is -0.493 e. The lowest BCUT2D eigenvalue weighted by Gasteiger charge is -2.27. The van der Waals surface area contributed by atoms with Gasteiger partial charge in [0.25, 0.3) is 0 Å². The minimum absolute atomic E-state index is 0.293. The molecule has 0 radical (unpaired) electrons. The zero-order chi connectivity index (χ0) is 34.7. The zero-order valence-corrected chi connectivity index (χ0v) is 29.0. The van der Waals surface area contributed by atoms with Crippen molar-refractivity contribution in [1.29, 1.82) is 0 Å².